The van der Waals surface area contributed by atoms with Crippen molar-refractivity contribution in [2.45, 2.75) is 26.6 Å². The van der Waals surface area contributed by atoms with Crippen LogP contribution in [-0.2, 0) is 19.7 Å². The molecule has 0 saturated carbocycles. The second kappa shape index (κ2) is 10.1. The van der Waals surface area contributed by atoms with Crippen molar-refractivity contribution in [3.8, 4) is 23.0 Å². The number of ether oxygens (including phenoxy) is 4. The maximum absolute atomic E-state index is 6.24. The Morgan fingerprint density at radius 2 is 1.55 bits per heavy atom. The second-order valence-electron chi connectivity index (χ2n) is 6.99. The molecule has 0 atom stereocenters. The average Bonchev–Trinajstić information content (AvgIpc) is 3.23. The third-order valence-corrected chi connectivity index (χ3v) is 5.55. The molecule has 0 unspecified atom stereocenters. The summed E-state index contributed by atoms with van der Waals surface area (Å²) in [6.07, 6.45) is 0. The van der Waals surface area contributed by atoms with Gasteiger partial charge in [0.2, 0.25) is 6.79 Å². The number of hydrogen-bond donors (Lipinski definition) is 1. The molecule has 0 saturated heterocycles. The minimum Gasteiger partial charge on any atom is -0.490 e. The van der Waals surface area contributed by atoms with Gasteiger partial charge in [-0.2, -0.15) is 0 Å². The Morgan fingerprint density at radius 3 is 2.32 bits per heavy atom. The summed E-state index contributed by atoms with van der Waals surface area (Å²) >= 11 is 12.5. The number of halogens is 2. The third kappa shape index (κ3) is 5.37. The molecule has 0 spiro atoms. The van der Waals surface area contributed by atoms with E-state index in [-0.39, 0.29) is 13.4 Å². The summed E-state index contributed by atoms with van der Waals surface area (Å²) in [4.78, 5) is 0. The van der Waals surface area contributed by atoms with E-state index in [4.69, 9.17) is 42.1 Å². The fourth-order valence-electron chi connectivity index (χ4n) is 3.27. The van der Waals surface area contributed by atoms with E-state index in [1.165, 1.54) is 0 Å². The Labute approximate surface area is 191 Å². The SMILES string of the molecule is CCOc1cc(CNCc2ccc3c(c2)OCO3)ccc1OCc1c(Cl)cccc1Cl. The van der Waals surface area contributed by atoms with E-state index in [1.54, 1.807) is 12.1 Å². The topological polar surface area (TPSA) is 49.0 Å². The van der Waals surface area contributed by atoms with E-state index in [0.717, 1.165) is 28.2 Å². The molecule has 3 aromatic carbocycles. The van der Waals surface area contributed by atoms with Crippen molar-refractivity contribution in [1.29, 1.82) is 0 Å². The monoisotopic (exact) mass is 459 g/mol. The highest BCUT2D eigenvalue weighted by molar-refractivity contribution is 6.35. The van der Waals surface area contributed by atoms with Gasteiger partial charge in [-0.3, -0.25) is 0 Å². The molecule has 7 heteroatoms. The number of nitrogens with one attached hydrogen (secondary N) is 1. The van der Waals surface area contributed by atoms with E-state index in [9.17, 15) is 0 Å². The van der Waals surface area contributed by atoms with E-state index < -0.39 is 0 Å². The van der Waals surface area contributed by atoms with Crippen molar-refractivity contribution in [3.05, 3.63) is 81.3 Å². The Balaban J connectivity index is 1.38. The molecule has 0 amide bonds. The van der Waals surface area contributed by atoms with Gasteiger partial charge >= 0.3 is 0 Å². The van der Waals surface area contributed by atoms with Crippen LogP contribution in [0.4, 0.5) is 0 Å². The molecule has 31 heavy (non-hydrogen) atoms. The normalized spacial score (nSPS) is 12.1. The highest BCUT2D eigenvalue weighted by Crippen LogP contribution is 2.33. The lowest BCUT2D eigenvalue weighted by molar-refractivity contribution is 0.174. The van der Waals surface area contributed by atoms with Crippen molar-refractivity contribution in [3.63, 3.8) is 0 Å². The van der Waals surface area contributed by atoms with Crippen LogP contribution in [0.5, 0.6) is 23.0 Å². The molecular formula is C24H23Cl2NO4. The van der Waals surface area contributed by atoms with Gasteiger partial charge in [0.1, 0.15) is 6.61 Å². The first-order chi connectivity index (χ1) is 15.1. The van der Waals surface area contributed by atoms with Gasteiger partial charge in [-0.05, 0) is 54.4 Å². The van der Waals surface area contributed by atoms with Crippen LogP contribution in [0, 0.1) is 0 Å². The molecule has 0 fully saturated rings. The van der Waals surface area contributed by atoms with Crippen molar-refractivity contribution >= 4 is 23.2 Å². The first-order valence-corrected chi connectivity index (χ1v) is 10.8. The zero-order valence-corrected chi connectivity index (χ0v) is 18.6. The summed E-state index contributed by atoms with van der Waals surface area (Å²) in [5, 5.41) is 4.60. The molecule has 5 nitrogen and oxygen atoms in total. The van der Waals surface area contributed by atoms with Crippen molar-refractivity contribution < 1.29 is 18.9 Å². The Kier molecular flexibility index (Phi) is 7.07. The van der Waals surface area contributed by atoms with Gasteiger partial charge in [-0.1, -0.05) is 41.4 Å². The van der Waals surface area contributed by atoms with Crippen molar-refractivity contribution in [2.75, 3.05) is 13.4 Å². The Hall–Kier alpha value is -2.60. The van der Waals surface area contributed by atoms with Crippen LogP contribution in [0.15, 0.2) is 54.6 Å². The molecule has 0 radical (unpaired) electrons. The number of benzene rings is 3. The molecule has 0 aliphatic carbocycles. The first-order valence-electron chi connectivity index (χ1n) is 10.0. The molecular weight excluding hydrogens is 437 g/mol. The summed E-state index contributed by atoms with van der Waals surface area (Å²) in [6, 6.07) is 17.3. The molecule has 1 heterocycles. The lowest BCUT2D eigenvalue weighted by atomic mass is 10.1. The quantitative estimate of drug-likeness (QED) is 0.425. The maximum Gasteiger partial charge on any atom is 0.231 e. The van der Waals surface area contributed by atoms with Crippen LogP contribution >= 0.6 is 23.2 Å². The number of fused-ring (bicyclic) bond motifs is 1. The average molecular weight is 460 g/mol. The van der Waals surface area contributed by atoms with Crippen LogP contribution in [0.25, 0.3) is 0 Å². The molecule has 3 aromatic rings. The minimum atomic E-state index is 0.264. The van der Waals surface area contributed by atoms with Crippen LogP contribution < -0.4 is 24.3 Å². The van der Waals surface area contributed by atoms with Crippen LogP contribution in [-0.4, -0.2) is 13.4 Å². The molecule has 1 N–H and O–H groups in total. The van der Waals surface area contributed by atoms with Gasteiger partial charge in [-0.25, -0.2) is 0 Å². The molecule has 0 aromatic heterocycles. The molecule has 4 rings (SSSR count). The third-order valence-electron chi connectivity index (χ3n) is 4.84. The van der Waals surface area contributed by atoms with Gasteiger partial charge in [0.05, 0.1) is 6.61 Å². The zero-order valence-electron chi connectivity index (χ0n) is 17.1. The van der Waals surface area contributed by atoms with Crippen LogP contribution in [0.1, 0.15) is 23.6 Å². The van der Waals surface area contributed by atoms with E-state index in [2.05, 4.69) is 5.32 Å². The smallest absolute Gasteiger partial charge is 0.231 e. The summed E-state index contributed by atoms with van der Waals surface area (Å²) in [6.45, 7) is 4.43. The predicted octanol–water partition coefficient (Wildman–Crippen LogP) is 5.99. The summed E-state index contributed by atoms with van der Waals surface area (Å²) in [5.41, 5.74) is 2.97. The van der Waals surface area contributed by atoms with Crippen molar-refractivity contribution in [2.24, 2.45) is 0 Å². The summed E-state index contributed by atoms with van der Waals surface area (Å²) < 4.78 is 22.5. The molecule has 1 aliphatic rings. The lowest BCUT2D eigenvalue weighted by Gasteiger charge is -2.15. The first kappa shape index (κ1) is 21.6. The fourth-order valence-corrected chi connectivity index (χ4v) is 3.78. The van der Waals surface area contributed by atoms with Gasteiger partial charge in [0.25, 0.3) is 0 Å². The molecule has 0 bridgehead atoms. The van der Waals surface area contributed by atoms with Crippen LogP contribution in [0.2, 0.25) is 10.0 Å². The Morgan fingerprint density at radius 1 is 0.839 bits per heavy atom. The number of hydrogen-bond acceptors (Lipinski definition) is 5. The van der Waals surface area contributed by atoms with Gasteiger partial charge < -0.3 is 24.3 Å². The van der Waals surface area contributed by atoms with E-state index in [1.807, 2.05) is 49.4 Å². The fraction of sp³-hybridized carbons (Fsp3) is 0.250. The zero-order chi connectivity index (χ0) is 21.6. The van der Waals surface area contributed by atoms with E-state index >= 15 is 0 Å². The Bertz CT molecular complexity index is 1040. The maximum atomic E-state index is 6.24. The molecule has 162 valence electrons. The largest absolute Gasteiger partial charge is 0.490 e. The second-order valence-corrected chi connectivity index (χ2v) is 7.81. The molecule has 1 aliphatic heterocycles. The van der Waals surface area contributed by atoms with Gasteiger partial charge in [-0.15, -0.1) is 0 Å². The van der Waals surface area contributed by atoms with Crippen LogP contribution in [0.3, 0.4) is 0 Å². The summed E-state index contributed by atoms with van der Waals surface area (Å²) in [7, 11) is 0. The van der Waals surface area contributed by atoms with Gasteiger partial charge in [0.15, 0.2) is 23.0 Å². The standard InChI is InChI=1S/C24H23Cl2NO4/c1-2-28-23-10-16(12-27-13-17-7-9-22-24(11-17)31-15-30-22)6-8-21(23)29-14-18-19(25)4-3-5-20(18)26/h3-11,27H,2,12-15H2,1H3. The summed E-state index contributed by atoms with van der Waals surface area (Å²) in [5.74, 6) is 2.92. The number of rotatable bonds is 9. The van der Waals surface area contributed by atoms with Gasteiger partial charge in [0, 0.05) is 28.7 Å². The van der Waals surface area contributed by atoms with E-state index in [0.29, 0.717) is 41.2 Å². The predicted molar refractivity (Wildman–Crippen MR) is 122 cm³/mol. The highest BCUT2D eigenvalue weighted by atomic mass is 35.5. The lowest BCUT2D eigenvalue weighted by Crippen LogP contribution is -2.13. The van der Waals surface area contributed by atoms with Crippen molar-refractivity contribution in [1.82, 2.24) is 5.32 Å². The minimum absolute atomic E-state index is 0.264. The highest BCUT2D eigenvalue weighted by Gasteiger charge is 2.13.